The van der Waals surface area contributed by atoms with Crippen molar-refractivity contribution in [3.8, 4) is 0 Å². The Morgan fingerprint density at radius 2 is 2.05 bits per heavy atom. The lowest BCUT2D eigenvalue weighted by Crippen LogP contribution is -2.72. The number of carboxylic acid groups (broad SMARTS) is 1. The van der Waals surface area contributed by atoms with E-state index in [4.69, 9.17) is 9.84 Å². The van der Waals surface area contributed by atoms with Crippen molar-refractivity contribution in [1.82, 2.24) is 10.2 Å². The van der Waals surface area contributed by atoms with Crippen LogP contribution in [-0.2, 0) is 9.53 Å². The molecule has 0 aromatic carbocycles. The Hall–Kier alpha value is -1.30. The quantitative estimate of drug-likeness (QED) is 0.809. The smallest absolute Gasteiger partial charge is 0.317 e. The molecule has 4 fully saturated rings. The van der Waals surface area contributed by atoms with Gasteiger partial charge in [0.05, 0.1) is 12.0 Å². The Labute approximate surface area is 130 Å². The SMILES string of the molecule is O=C(O)C1CCCN(C(=O)NC2C3CCOC3C23CCC3)C1. The van der Waals surface area contributed by atoms with E-state index in [0.29, 0.717) is 31.5 Å². The summed E-state index contributed by atoms with van der Waals surface area (Å²) in [5, 5.41) is 12.4. The molecule has 0 aromatic rings. The molecule has 4 aliphatic rings. The predicted molar refractivity (Wildman–Crippen MR) is 78.4 cm³/mol. The highest BCUT2D eigenvalue weighted by Gasteiger charge is 2.67. The van der Waals surface area contributed by atoms with Crippen molar-refractivity contribution in [3.63, 3.8) is 0 Å². The number of aliphatic carboxylic acids is 1. The molecule has 22 heavy (non-hydrogen) atoms. The van der Waals surface area contributed by atoms with Crippen LogP contribution in [0.2, 0.25) is 0 Å². The summed E-state index contributed by atoms with van der Waals surface area (Å²) in [5.41, 5.74) is 0.179. The molecule has 6 heteroatoms. The third-order valence-electron chi connectivity index (χ3n) is 6.37. The second-order valence-electron chi connectivity index (χ2n) is 7.38. The third kappa shape index (κ3) is 1.96. The zero-order valence-electron chi connectivity index (χ0n) is 12.8. The molecule has 4 unspecified atom stereocenters. The third-order valence-corrected chi connectivity index (χ3v) is 6.37. The number of carboxylic acids is 1. The molecular formula is C16H24N2O4. The van der Waals surface area contributed by atoms with Crippen LogP contribution in [0.5, 0.6) is 0 Å². The normalized spacial score (nSPS) is 38.8. The Morgan fingerprint density at radius 1 is 1.23 bits per heavy atom. The molecule has 4 rings (SSSR count). The van der Waals surface area contributed by atoms with Gasteiger partial charge in [0.2, 0.25) is 0 Å². The van der Waals surface area contributed by atoms with Gasteiger partial charge in [0, 0.05) is 37.1 Å². The summed E-state index contributed by atoms with van der Waals surface area (Å²) < 4.78 is 5.87. The number of carbonyl (C=O) groups excluding carboxylic acids is 1. The van der Waals surface area contributed by atoms with Gasteiger partial charge in [-0.05, 0) is 32.1 Å². The Bertz CT molecular complexity index is 491. The maximum Gasteiger partial charge on any atom is 0.317 e. The molecule has 122 valence electrons. The lowest BCUT2D eigenvalue weighted by Gasteiger charge is -2.63. The molecule has 0 radical (unpaired) electrons. The van der Waals surface area contributed by atoms with E-state index in [2.05, 4.69) is 5.32 Å². The van der Waals surface area contributed by atoms with Crippen molar-refractivity contribution < 1.29 is 19.4 Å². The first kappa shape index (κ1) is 14.3. The standard InChI is InChI=1S/C16H24N2O4/c19-14(20)10-3-1-7-18(9-10)15(21)17-12-11-4-8-22-13(11)16(12)5-2-6-16/h10-13H,1-9H2,(H,17,21)(H,19,20). The number of urea groups is 1. The average Bonchev–Trinajstić information content (AvgIpc) is 2.88. The number of fused-ring (bicyclic) bond motifs is 2. The van der Waals surface area contributed by atoms with Crippen LogP contribution in [0.4, 0.5) is 4.79 Å². The number of nitrogens with one attached hydrogen (secondary N) is 1. The largest absolute Gasteiger partial charge is 0.481 e. The molecular weight excluding hydrogens is 284 g/mol. The van der Waals surface area contributed by atoms with E-state index < -0.39 is 11.9 Å². The molecule has 2 aliphatic heterocycles. The van der Waals surface area contributed by atoms with Gasteiger partial charge in [-0.15, -0.1) is 0 Å². The molecule has 4 atom stereocenters. The van der Waals surface area contributed by atoms with Gasteiger partial charge in [-0.3, -0.25) is 4.79 Å². The molecule has 2 N–H and O–H groups in total. The second-order valence-corrected chi connectivity index (χ2v) is 7.38. The van der Waals surface area contributed by atoms with Crippen LogP contribution in [0.15, 0.2) is 0 Å². The van der Waals surface area contributed by atoms with E-state index in [9.17, 15) is 9.59 Å². The van der Waals surface area contributed by atoms with Gasteiger partial charge >= 0.3 is 12.0 Å². The zero-order chi connectivity index (χ0) is 15.3. The van der Waals surface area contributed by atoms with E-state index in [0.717, 1.165) is 32.3 Å². The first-order valence-electron chi connectivity index (χ1n) is 8.52. The van der Waals surface area contributed by atoms with Gasteiger partial charge in [0.15, 0.2) is 0 Å². The maximum atomic E-state index is 12.6. The molecule has 2 saturated heterocycles. The zero-order valence-corrected chi connectivity index (χ0v) is 12.8. The number of likely N-dealkylation sites (tertiary alicyclic amines) is 1. The van der Waals surface area contributed by atoms with Gasteiger partial charge in [-0.2, -0.15) is 0 Å². The Morgan fingerprint density at radius 3 is 2.73 bits per heavy atom. The van der Waals surface area contributed by atoms with E-state index in [1.807, 2.05) is 0 Å². The molecule has 1 spiro atoms. The van der Waals surface area contributed by atoms with Crippen molar-refractivity contribution in [2.75, 3.05) is 19.7 Å². The van der Waals surface area contributed by atoms with E-state index in [1.165, 1.54) is 6.42 Å². The molecule has 0 aromatic heterocycles. The number of amides is 2. The number of carbonyl (C=O) groups is 2. The van der Waals surface area contributed by atoms with Crippen molar-refractivity contribution >= 4 is 12.0 Å². The summed E-state index contributed by atoms with van der Waals surface area (Å²) in [4.78, 5) is 25.4. The van der Waals surface area contributed by atoms with Crippen LogP contribution in [0.3, 0.4) is 0 Å². The van der Waals surface area contributed by atoms with Gasteiger partial charge < -0.3 is 20.1 Å². The van der Waals surface area contributed by atoms with Gasteiger partial charge in [0.1, 0.15) is 0 Å². The van der Waals surface area contributed by atoms with Crippen LogP contribution in [-0.4, -0.2) is 53.8 Å². The average molecular weight is 308 g/mol. The van der Waals surface area contributed by atoms with Gasteiger partial charge in [0.25, 0.3) is 0 Å². The van der Waals surface area contributed by atoms with E-state index in [1.54, 1.807) is 4.90 Å². The minimum absolute atomic E-state index is 0.0763. The summed E-state index contributed by atoms with van der Waals surface area (Å²) in [6.45, 7) is 1.82. The molecule has 2 heterocycles. The molecule has 2 saturated carbocycles. The van der Waals surface area contributed by atoms with Crippen LogP contribution in [0.25, 0.3) is 0 Å². The molecule has 6 nitrogen and oxygen atoms in total. The summed E-state index contributed by atoms with van der Waals surface area (Å²) in [6, 6.07) is 0.152. The van der Waals surface area contributed by atoms with Crippen molar-refractivity contribution in [2.45, 2.75) is 50.7 Å². The number of rotatable bonds is 2. The number of hydrogen-bond acceptors (Lipinski definition) is 3. The first-order chi connectivity index (χ1) is 10.6. The van der Waals surface area contributed by atoms with Crippen LogP contribution in [0, 0.1) is 17.3 Å². The van der Waals surface area contributed by atoms with E-state index in [-0.39, 0.29) is 17.5 Å². The number of hydrogen-bond donors (Lipinski definition) is 2. The van der Waals surface area contributed by atoms with Crippen LogP contribution in [0.1, 0.15) is 38.5 Å². The summed E-state index contributed by atoms with van der Waals surface area (Å²) in [5.74, 6) is -0.744. The van der Waals surface area contributed by atoms with Crippen LogP contribution < -0.4 is 5.32 Å². The lowest BCUT2D eigenvalue weighted by atomic mass is 9.46. The van der Waals surface area contributed by atoms with E-state index >= 15 is 0 Å². The highest BCUT2D eigenvalue weighted by atomic mass is 16.5. The van der Waals surface area contributed by atoms with Crippen molar-refractivity contribution in [2.24, 2.45) is 17.3 Å². The van der Waals surface area contributed by atoms with Crippen molar-refractivity contribution in [1.29, 1.82) is 0 Å². The molecule has 2 aliphatic carbocycles. The highest BCUT2D eigenvalue weighted by Crippen LogP contribution is 2.62. The van der Waals surface area contributed by atoms with Gasteiger partial charge in [-0.1, -0.05) is 6.42 Å². The molecule has 2 amide bonds. The number of nitrogens with zero attached hydrogens (tertiary/aromatic N) is 1. The number of ether oxygens (including phenoxy) is 1. The molecule has 0 bridgehead atoms. The van der Waals surface area contributed by atoms with Crippen LogP contribution >= 0.6 is 0 Å². The minimum atomic E-state index is -0.791. The van der Waals surface area contributed by atoms with Crippen molar-refractivity contribution in [3.05, 3.63) is 0 Å². The maximum absolute atomic E-state index is 12.6. The first-order valence-corrected chi connectivity index (χ1v) is 8.52. The monoisotopic (exact) mass is 308 g/mol. The number of piperidine rings is 1. The minimum Gasteiger partial charge on any atom is -0.481 e. The summed E-state index contributed by atoms with van der Waals surface area (Å²) in [7, 11) is 0. The fourth-order valence-electron chi connectivity index (χ4n) is 5.04. The Balaban J connectivity index is 1.40. The summed E-state index contributed by atoms with van der Waals surface area (Å²) in [6.07, 6.45) is 6.35. The fourth-order valence-corrected chi connectivity index (χ4v) is 5.04. The lowest BCUT2D eigenvalue weighted by molar-refractivity contribution is -0.172. The second kappa shape index (κ2) is 5.11. The topological polar surface area (TPSA) is 78.9 Å². The summed E-state index contributed by atoms with van der Waals surface area (Å²) >= 11 is 0. The fraction of sp³-hybridized carbons (Fsp3) is 0.875. The Kier molecular flexibility index (Phi) is 3.33. The predicted octanol–water partition coefficient (Wildman–Crippen LogP) is 1.45. The highest BCUT2D eigenvalue weighted by molar-refractivity contribution is 5.77. The van der Waals surface area contributed by atoms with Gasteiger partial charge in [-0.25, -0.2) is 4.79 Å².